The Balaban J connectivity index is 1.88. The second-order valence-corrected chi connectivity index (χ2v) is 5.43. The summed E-state index contributed by atoms with van der Waals surface area (Å²) in [6, 6.07) is 7.03. The highest BCUT2D eigenvalue weighted by Gasteiger charge is 2.37. The zero-order chi connectivity index (χ0) is 14.1. The van der Waals surface area contributed by atoms with Crippen LogP contribution in [0.1, 0.15) is 24.0 Å². The molecule has 0 saturated carbocycles. The van der Waals surface area contributed by atoms with E-state index in [0.29, 0.717) is 13.0 Å². The number of carbonyl (C=O) groups is 2. The van der Waals surface area contributed by atoms with Crippen LogP contribution in [0.25, 0.3) is 0 Å². The van der Waals surface area contributed by atoms with Gasteiger partial charge in [0.1, 0.15) is 6.04 Å². The third kappa shape index (κ3) is 2.22. The van der Waals surface area contributed by atoms with E-state index in [0.717, 1.165) is 24.0 Å². The third-order valence-corrected chi connectivity index (χ3v) is 4.17. The molecule has 0 aromatic heterocycles. The number of rotatable bonds is 2. The third-order valence-electron chi connectivity index (χ3n) is 4.17. The van der Waals surface area contributed by atoms with Crippen LogP contribution in [-0.4, -0.2) is 27.9 Å². The maximum Gasteiger partial charge on any atom is 0.326 e. The van der Waals surface area contributed by atoms with Crippen molar-refractivity contribution in [2.45, 2.75) is 31.8 Å². The number of allylic oxidation sites excluding steroid dienone is 2. The second-order valence-electron chi connectivity index (χ2n) is 5.43. The Labute approximate surface area is 117 Å². The molecule has 104 valence electrons. The first kappa shape index (κ1) is 12.9. The summed E-state index contributed by atoms with van der Waals surface area (Å²) in [5, 5.41) is 9.42. The van der Waals surface area contributed by atoms with E-state index in [4.69, 9.17) is 0 Å². The number of benzene rings is 1. The van der Waals surface area contributed by atoms with Gasteiger partial charge in [-0.1, -0.05) is 36.4 Å². The lowest BCUT2D eigenvalue weighted by molar-refractivity contribution is -0.153. The normalized spacial score (nSPS) is 21.8. The molecule has 3 rings (SSSR count). The molecule has 1 aromatic carbocycles. The van der Waals surface area contributed by atoms with Gasteiger partial charge in [0.25, 0.3) is 0 Å². The number of nitrogens with zero attached hydrogens (tertiary/aromatic N) is 1. The number of carbonyl (C=O) groups excluding carboxylic acids is 1. The van der Waals surface area contributed by atoms with E-state index in [1.807, 2.05) is 36.4 Å². The highest BCUT2D eigenvalue weighted by molar-refractivity contribution is 5.86. The van der Waals surface area contributed by atoms with Crippen molar-refractivity contribution in [1.82, 2.24) is 4.90 Å². The number of fused-ring (bicyclic) bond motifs is 1. The number of hydrogen-bond donors (Lipinski definition) is 1. The standard InChI is InChI=1S/C16H17NO3/c18-15(11-5-1-2-6-11)17-10-13-8-4-3-7-12(13)9-14(17)16(19)20/h1-4,7-8,11,14H,5-6,9-10H2,(H,19,20). The lowest BCUT2D eigenvalue weighted by Crippen LogP contribution is -2.50. The average Bonchev–Trinajstić information content (AvgIpc) is 2.99. The van der Waals surface area contributed by atoms with E-state index >= 15 is 0 Å². The minimum Gasteiger partial charge on any atom is -0.480 e. The number of aliphatic carboxylic acids is 1. The summed E-state index contributed by atoms with van der Waals surface area (Å²) in [4.78, 5) is 25.6. The predicted octanol–water partition coefficient (Wildman–Crippen LogP) is 1.99. The minimum atomic E-state index is -0.918. The molecule has 0 fully saturated rings. The van der Waals surface area contributed by atoms with Gasteiger partial charge in [-0.15, -0.1) is 0 Å². The molecule has 0 saturated heterocycles. The molecule has 4 heteroatoms. The van der Waals surface area contributed by atoms with Gasteiger partial charge in [-0.25, -0.2) is 4.79 Å². The molecule has 1 N–H and O–H groups in total. The van der Waals surface area contributed by atoms with Crippen molar-refractivity contribution in [3.8, 4) is 0 Å². The molecule has 0 bridgehead atoms. The monoisotopic (exact) mass is 271 g/mol. The first-order chi connectivity index (χ1) is 9.66. The van der Waals surface area contributed by atoms with Gasteiger partial charge in [-0.3, -0.25) is 4.79 Å². The van der Waals surface area contributed by atoms with Crippen molar-refractivity contribution in [2.24, 2.45) is 5.92 Å². The lowest BCUT2D eigenvalue weighted by Gasteiger charge is -2.36. The van der Waals surface area contributed by atoms with Gasteiger partial charge in [-0.05, 0) is 24.0 Å². The largest absolute Gasteiger partial charge is 0.480 e. The van der Waals surface area contributed by atoms with Crippen LogP contribution in [0, 0.1) is 5.92 Å². The average molecular weight is 271 g/mol. The fourth-order valence-electron chi connectivity index (χ4n) is 3.03. The lowest BCUT2D eigenvalue weighted by atomic mass is 9.92. The van der Waals surface area contributed by atoms with Crippen LogP contribution in [0.5, 0.6) is 0 Å². The summed E-state index contributed by atoms with van der Waals surface area (Å²) >= 11 is 0. The molecule has 0 radical (unpaired) electrons. The van der Waals surface area contributed by atoms with Gasteiger partial charge in [0.05, 0.1) is 0 Å². The second kappa shape index (κ2) is 5.12. The maximum absolute atomic E-state index is 12.5. The topological polar surface area (TPSA) is 57.6 Å². The van der Waals surface area contributed by atoms with E-state index in [1.165, 1.54) is 0 Å². The molecular formula is C16H17NO3. The van der Waals surface area contributed by atoms with Gasteiger partial charge < -0.3 is 10.0 Å². The fourth-order valence-corrected chi connectivity index (χ4v) is 3.03. The van der Waals surface area contributed by atoms with Crippen LogP contribution in [0.15, 0.2) is 36.4 Å². The molecule has 1 heterocycles. The summed E-state index contributed by atoms with van der Waals surface area (Å²) in [5.41, 5.74) is 2.10. The molecule has 1 amide bonds. The van der Waals surface area contributed by atoms with Gasteiger partial charge in [0.2, 0.25) is 5.91 Å². The number of carboxylic acid groups (broad SMARTS) is 1. The fraction of sp³-hybridized carbons (Fsp3) is 0.375. The zero-order valence-corrected chi connectivity index (χ0v) is 11.2. The molecule has 1 aliphatic carbocycles. The first-order valence-corrected chi connectivity index (χ1v) is 6.92. The van der Waals surface area contributed by atoms with Crippen molar-refractivity contribution in [3.05, 3.63) is 47.5 Å². The van der Waals surface area contributed by atoms with Crippen LogP contribution < -0.4 is 0 Å². The molecule has 20 heavy (non-hydrogen) atoms. The Hall–Kier alpha value is -2.10. The quantitative estimate of drug-likeness (QED) is 0.837. The van der Waals surface area contributed by atoms with Crippen molar-refractivity contribution in [3.63, 3.8) is 0 Å². The van der Waals surface area contributed by atoms with Crippen molar-refractivity contribution in [1.29, 1.82) is 0 Å². The molecule has 1 aromatic rings. The summed E-state index contributed by atoms with van der Waals surface area (Å²) in [6.07, 6.45) is 5.84. The Morgan fingerprint density at radius 1 is 1.10 bits per heavy atom. The van der Waals surface area contributed by atoms with Crippen LogP contribution in [0.4, 0.5) is 0 Å². The van der Waals surface area contributed by atoms with Gasteiger partial charge in [0.15, 0.2) is 0 Å². The Morgan fingerprint density at radius 3 is 2.40 bits per heavy atom. The van der Waals surface area contributed by atoms with E-state index in [2.05, 4.69) is 0 Å². The Morgan fingerprint density at radius 2 is 1.75 bits per heavy atom. The molecular weight excluding hydrogens is 254 g/mol. The van der Waals surface area contributed by atoms with E-state index in [-0.39, 0.29) is 11.8 Å². The summed E-state index contributed by atoms with van der Waals surface area (Å²) < 4.78 is 0. The summed E-state index contributed by atoms with van der Waals surface area (Å²) in [6.45, 7) is 0.405. The highest BCUT2D eigenvalue weighted by Crippen LogP contribution is 2.28. The van der Waals surface area contributed by atoms with Crippen LogP contribution in [0.3, 0.4) is 0 Å². The molecule has 1 atom stereocenters. The van der Waals surface area contributed by atoms with E-state index in [1.54, 1.807) is 4.90 Å². The Kier molecular flexibility index (Phi) is 3.30. The van der Waals surface area contributed by atoms with Gasteiger partial charge in [0, 0.05) is 18.9 Å². The van der Waals surface area contributed by atoms with Crippen LogP contribution in [-0.2, 0) is 22.6 Å². The molecule has 0 spiro atoms. The van der Waals surface area contributed by atoms with Gasteiger partial charge in [-0.2, -0.15) is 0 Å². The first-order valence-electron chi connectivity index (χ1n) is 6.92. The van der Waals surface area contributed by atoms with E-state index in [9.17, 15) is 14.7 Å². The summed E-state index contributed by atoms with van der Waals surface area (Å²) in [7, 11) is 0. The van der Waals surface area contributed by atoms with Crippen molar-refractivity contribution < 1.29 is 14.7 Å². The number of hydrogen-bond acceptors (Lipinski definition) is 2. The molecule has 1 aliphatic heterocycles. The van der Waals surface area contributed by atoms with E-state index < -0.39 is 12.0 Å². The summed E-state index contributed by atoms with van der Waals surface area (Å²) in [5.74, 6) is -1.03. The van der Waals surface area contributed by atoms with Gasteiger partial charge >= 0.3 is 5.97 Å². The minimum absolute atomic E-state index is 0.0306. The number of amides is 1. The van der Waals surface area contributed by atoms with Crippen LogP contribution >= 0.6 is 0 Å². The Bertz CT molecular complexity index is 571. The van der Waals surface area contributed by atoms with Crippen LogP contribution in [0.2, 0.25) is 0 Å². The van der Waals surface area contributed by atoms with Crippen molar-refractivity contribution in [2.75, 3.05) is 0 Å². The smallest absolute Gasteiger partial charge is 0.326 e. The molecule has 4 nitrogen and oxygen atoms in total. The predicted molar refractivity (Wildman–Crippen MR) is 74.0 cm³/mol. The SMILES string of the molecule is O=C(O)C1Cc2ccccc2CN1C(=O)C1CC=CC1. The number of carboxylic acids is 1. The highest BCUT2D eigenvalue weighted by atomic mass is 16.4. The maximum atomic E-state index is 12.5. The molecule has 1 unspecified atom stereocenters. The zero-order valence-electron chi connectivity index (χ0n) is 11.2. The van der Waals surface area contributed by atoms with Crippen molar-refractivity contribution >= 4 is 11.9 Å². The molecule has 2 aliphatic rings.